The Morgan fingerprint density at radius 1 is 1.32 bits per heavy atom. The first kappa shape index (κ1) is 14.3. The maximum atomic E-state index is 4.42. The fourth-order valence-corrected chi connectivity index (χ4v) is 2.36. The highest BCUT2D eigenvalue weighted by Crippen LogP contribution is 2.15. The topological polar surface area (TPSA) is 29.9 Å². The third kappa shape index (κ3) is 4.48. The summed E-state index contributed by atoms with van der Waals surface area (Å²) in [4.78, 5) is 0. The molecule has 0 unspecified atom stereocenters. The van der Waals surface area contributed by atoms with Gasteiger partial charge in [-0.2, -0.15) is 5.10 Å². The number of rotatable bonds is 7. The zero-order chi connectivity index (χ0) is 13.5. The van der Waals surface area contributed by atoms with Gasteiger partial charge >= 0.3 is 0 Å². The minimum absolute atomic E-state index is 1.07. The number of nitrogens with zero attached hydrogens (tertiary/aromatic N) is 2. The van der Waals surface area contributed by atoms with Crippen molar-refractivity contribution in [2.75, 3.05) is 13.1 Å². The van der Waals surface area contributed by atoms with Crippen LogP contribution in [0.25, 0.3) is 5.69 Å². The molecule has 2 aromatic rings. The molecular weight excluding hydrogens is 302 g/mol. The van der Waals surface area contributed by atoms with Crippen LogP contribution in [0.1, 0.15) is 25.3 Å². The molecule has 1 aromatic heterocycles. The molecule has 0 atom stereocenters. The molecule has 19 heavy (non-hydrogen) atoms. The van der Waals surface area contributed by atoms with Crippen LogP contribution in [0.5, 0.6) is 0 Å². The van der Waals surface area contributed by atoms with Crippen molar-refractivity contribution in [2.45, 2.75) is 26.2 Å². The van der Waals surface area contributed by atoms with Crippen LogP contribution in [0.4, 0.5) is 0 Å². The molecule has 0 amide bonds. The molecule has 2 rings (SSSR count). The number of hydrogen-bond donors (Lipinski definition) is 1. The predicted molar refractivity (Wildman–Crippen MR) is 82.7 cm³/mol. The summed E-state index contributed by atoms with van der Waals surface area (Å²) in [6.07, 6.45) is 7.50. The Morgan fingerprint density at radius 3 is 3.00 bits per heavy atom. The maximum absolute atomic E-state index is 4.42. The SMILES string of the molecule is CCCNCCCc1cnn(-c2cccc(Br)c2)c1. The highest BCUT2D eigenvalue weighted by molar-refractivity contribution is 9.10. The van der Waals surface area contributed by atoms with E-state index in [4.69, 9.17) is 0 Å². The van der Waals surface area contributed by atoms with Gasteiger partial charge in [0.15, 0.2) is 0 Å². The highest BCUT2D eigenvalue weighted by atomic mass is 79.9. The van der Waals surface area contributed by atoms with Gasteiger partial charge in [0.2, 0.25) is 0 Å². The van der Waals surface area contributed by atoms with Crippen molar-refractivity contribution in [3.05, 3.63) is 46.7 Å². The van der Waals surface area contributed by atoms with Crippen LogP contribution in [0.3, 0.4) is 0 Å². The standard InChI is InChI=1S/C15H20BrN3/c1-2-8-17-9-4-5-13-11-18-19(12-13)15-7-3-6-14(16)10-15/h3,6-7,10-12,17H,2,4-5,8-9H2,1H3. The van der Waals surface area contributed by atoms with Crippen LogP contribution in [0, 0.1) is 0 Å². The summed E-state index contributed by atoms with van der Waals surface area (Å²) in [5, 5.41) is 7.84. The molecule has 3 nitrogen and oxygen atoms in total. The van der Waals surface area contributed by atoms with Gasteiger partial charge in [-0.25, -0.2) is 4.68 Å². The lowest BCUT2D eigenvalue weighted by molar-refractivity contribution is 0.640. The van der Waals surface area contributed by atoms with E-state index < -0.39 is 0 Å². The van der Waals surface area contributed by atoms with Crippen LogP contribution < -0.4 is 5.32 Å². The van der Waals surface area contributed by atoms with E-state index >= 15 is 0 Å². The van der Waals surface area contributed by atoms with Gasteiger partial charge in [-0.1, -0.05) is 28.9 Å². The smallest absolute Gasteiger partial charge is 0.0656 e. The summed E-state index contributed by atoms with van der Waals surface area (Å²) >= 11 is 3.48. The monoisotopic (exact) mass is 321 g/mol. The Morgan fingerprint density at radius 2 is 2.21 bits per heavy atom. The fraction of sp³-hybridized carbons (Fsp3) is 0.400. The van der Waals surface area contributed by atoms with Gasteiger partial charge in [-0.05, 0) is 56.1 Å². The minimum atomic E-state index is 1.07. The maximum Gasteiger partial charge on any atom is 0.0656 e. The van der Waals surface area contributed by atoms with Crippen LogP contribution >= 0.6 is 15.9 Å². The predicted octanol–water partition coefficient (Wildman–Crippen LogP) is 3.57. The Labute approximate surface area is 123 Å². The van der Waals surface area contributed by atoms with Gasteiger partial charge in [0.05, 0.1) is 11.9 Å². The Bertz CT molecular complexity index is 508. The van der Waals surface area contributed by atoms with Crippen molar-refractivity contribution in [1.29, 1.82) is 0 Å². The Hall–Kier alpha value is -1.13. The van der Waals surface area contributed by atoms with E-state index in [2.05, 4.69) is 51.6 Å². The van der Waals surface area contributed by atoms with Crippen LogP contribution in [-0.2, 0) is 6.42 Å². The summed E-state index contributed by atoms with van der Waals surface area (Å²) in [5.74, 6) is 0. The second kappa shape index (κ2) is 7.46. The van der Waals surface area contributed by atoms with E-state index in [9.17, 15) is 0 Å². The number of aryl methyl sites for hydroxylation is 1. The van der Waals surface area contributed by atoms with Gasteiger partial charge in [-0.3, -0.25) is 0 Å². The van der Waals surface area contributed by atoms with Crippen molar-refractivity contribution >= 4 is 15.9 Å². The highest BCUT2D eigenvalue weighted by Gasteiger charge is 2.01. The third-order valence-electron chi connectivity index (χ3n) is 2.95. The summed E-state index contributed by atoms with van der Waals surface area (Å²) in [6.45, 7) is 4.38. The number of aromatic nitrogens is 2. The second-order valence-corrected chi connectivity index (χ2v) is 5.54. The number of benzene rings is 1. The molecule has 0 saturated heterocycles. The van der Waals surface area contributed by atoms with Crippen LogP contribution in [-0.4, -0.2) is 22.9 Å². The molecule has 0 aliphatic heterocycles. The van der Waals surface area contributed by atoms with Crippen molar-refractivity contribution in [3.63, 3.8) is 0 Å². The Kier molecular flexibility index (Phi) is 5.61. The molecule has 0 bridgehead atoms. The zero-order valence-electron chi connectivity index (χ0n) is 11.3. The average molecular weight is 322 g/mol. The molecule has 0 aliphatic carbocycles. The van der Waals surface area contributed by atoms with Crippen molar-refractivity contribution in [2.24, 2.45) is 0 Å². The van der Waals surface area contributed by atoms with E-state index in [0.717, 1.165) is 36.1 Å². The van der Waals surface area contributed by atoms with Crippen molar-refractivity contribution in [3.8, 4) is 5.69 Å². The van der Waals surface area contributed by atoms with Crippen LogP contribution in [0.15, 0.2) is 41.1 Å². The molecule has 4 heteroatoms. The average Bonchev–Trinajstić information content (AvgIpc) is 2.87. The lowest BCUT2D eigenvalue weighted by Crippen LogP contribution is -2.16. The fourth-order valence-electron chi connectivity index (χ4n) is 1.97. The van der Waals surface area contributed by atoms with Gasteiger partial charge in [0, 0.05) is 10.7 Å². The van der Waals surface area contributed by atoms with E-state index in [-0.39, 0.29) is 0 Å². The summed E-state index contributed by atoms with van der Waals surface area (Å²) in [6, 6.07) is 8.17. The van der Waals surface area contributed by atoms with Crippen LogP contribution in [0.2, 0.25) is 0 Å². The molecule has 0 saturated carbocycles. The molecule has 0 aliphatic rings. The van der Waals surface area contributed by atoms with E-state index in [1.54, 1.807) is 0 Å². The largest absolute Gasteiger partial charge is 0.317 e. The lowest BCUT2D eigenvalue weighted by Gasteiger charge is -2.02. The molecule has 1 heterocycles. The molecule has 1 aromatic carbocycles. The quantitative estimate of drug-likeness (QED) is 0.790. The van der Waals surface area contributed by atoms with E-state index in [0.29, 0.717) is 0 Å². The molecule has 1 N–H and O–H groups in total. The van der Waals surface area contributed by atoms with Crippen molar-refractivity contribution < 1.29 is 0 Å². The van der Waals surface area contributed by atoms with Gasteiger partial charge in [-0.15, -0.1) is 0 Å². The molecule has 0 radical (unpaired) electrons. The number of nitrogens with one attached hydrogen (secondary N) is 1. The number of hydrogen-bond acceptors (Lipinski definition) is 2. The molecule has 102 valence electrons. The first-order valence-electron chi connectivity index (χ1n) is 6.80. The first-order valence-corrected chi connectivity index (χ1v) is 7.59. The van der Waals surface area contributed by atoms with E-state index in [1.807, 2.05) is 23.0 Å². The second-order valence-electron chi connectivity index (χ2n) is 4.63. The minimum Gasteiger partial charge on any atom is -0.317 e. The van der Waals surface area contributed by atoms with Gasteiger partial charge in [0.25, 0.3) is 0 Å². The van der Waals surface area contributed by atoms with Crippen molar-refractivity contribution in [1.82, 2.24) is 15.1 Å². The number of halogens is 1. The van der Waals surface area contributed by atoms with Gasteiger partial charge < -0.3 is 5.32 Å². The third-order valence-corrected chi connectivity index (χ3v) is 3.45. The van der Waals surface area contributed by atoms with Gasteiger partial charge in [0.1, 0.15) is 0 Å². The summed E-state index contributed by atoms with van der Waals surface area (Å²) in [7, 11) is 0. The first-order chi connectivity index (χ1) is 9.29. The summed E-state index contributed by atoms with van der Waals surface area (Å²) in [5.41, 5.74) is 2.38. The molecule has 0 spiro atoms. The normalized spacial score (nSPS) is 10.8. The van der Waals surface area contributed by atoms with E-state index in [1.165, 1.54) is 12.0 Å². The lowest BCUT2D eigenvalue weighted by atomic mass is 10.2. The molecule has 0 fully saturated rings. The molecular formula is C15H20BrN3. The zero-order valence-corrected chi connectivity index (χ0v) is 12.9. The summed E-state index contributed by atoms with van der Waals surface area (Å²) < 4.78 is 3.00. The Balaban J connectivity index is 1.88.